The number of ether oxygens (including phenoxy) is 2. The van der Waals surface area contributed by atoms with Crippen molar-refractivity contribution in [1.29, 1.82) is 0 Å². The molecule has 8 heteroatoms. The van der Waals surface area contributed by atoms with Gasteiger partial charge >= 0.3 is 0 Å². The summed E-state index contributed by atoms with van der Waals surface area (Å²) < 4.78 is 12.4. The normalized spacial score (nSPS) is 11.0. The molecule has 4 aromatic rings. The first kappa shape index (κ1) is 14.2. The maximum Gasteiger partial charge on any atom is 0.235 e. The maximum absolute atomic E-state index is 5.35. The van der Waals surface area contributed by atoms with Crippen LogP contribution in [-0.2, 0) is 0 Å². The van der Waals surface area contributed by atoms with Gasteiger partial charge in [0.25, 0.3) is 0 Å². The second-order valence-corrected chi connectivity index (χ2v) is 6.44. The smallest absolute Gasteiger partial charge is 0.235 e. The van der Waals surface area contributed by atoms with Gasteiger partial charge in [-0.2, -0.15) is 21.0 Å². The Morgan fingerprint density at radius 1 is 1.00 bits per heavy atom. The molecule has 0 atom stereocenters. The van der Waals surface area contributed by atoms with Crippen LogP contribution in [0.15, 0.2) is 35.0 Å². The van der Waals surface area contributed by atoms with Crippen molar-refractivity contribution >= 4 is 27.6 Å². The summed E-state index contributed by atoms with van der Waals surface area (Å²) in [6, 6.07) is 7.69. The van der Waals surface area contributed by atoms with Gasteiger partial charge in [-0.25, -0.2) is 0 Å². The van der Waals surface area contributed by atoms with Crippen molar-refractivity contribution < 1.29 is 9.47 Å². The van der Waals surface area contributed by atoms with Crippen LogP contribution in [-0.4, -0.2) is 34.0 Å². The van der Waals surface area contributed by atoms with Crippen LogP contribution in [0.25, 0.3) is 26.9 Å². The molecule has 116 valence electrons. The van der Waals surface area contributed by atoms with E-state index in [2.05, 4.69) is 20.7 Å². The molecule has 1 aromatic carbocycles. The predicted molar refractivity (Wildman–Crippen MR) is 90.5 cm³/mol. The van der Waals surface area contributed by atoms with Gasteiger partial charge in [0.1, 0.15) is 5.01 Å². The molecular weight excluding hydrogens is 332 g/mol. The minimum atomic E-state index is 0.648. The number of rotatable bonds is 4. The largest absolute Gasteiger partial charge is 0.493 e. The third kappa shape index (κ3) is 2.36. The van der Waals surface area contributed by atoms with E-state index < -0.39 is 0 Å². The molecule has 3 heterocycles. The van der Waals surface area contributed by atoms with E-state index in [1.165, 1.54) is 11.3 Å². The second kappa shape index (κ2) is 5.64. The summed E-state index contributed by atoms with van der Waals surface area (Å²) in [5.74, 6) is 2.00. The number of thiophene rings is 1. The van der Waals surface area contributed by atoms with Gasteiger partial charge < -0.3 is 9.47 Å². The van der Waals surface area contributed by atoms with Crippen molar-refractivity contribution in [3.8, 4) is 33.5 Å². The number of hydrogen-bond acceptors (Lipinski definition) is 7. The fourth-order valence-corrected chi connectivity index (χ4v) is 3.83. The second-order valence-electron chi connectivity index (χ2n) is 4.71. The minimum absolute atomic E-state index is 0.648. The lowest BCUT2D eigenvalue weighted by atomic mass is 10.2. The fraction of sp³-hybridized carbons (Fsp3) is 0.133. The lowest BCUT2D eigenvalue weighted by Crippen LogP contribution is -1.94. The molecule has 0 unspecified atom stereocenters. The number of hydrogen-bond donors (Lipinski definition) is 0. The molecule has 0 aliphatic heterocycles. The van der Waals surface area contributed by atoms with Crippen molar-refractivity contribution in [1.82, 2.24) is 19.8 Å². The molecule has 4 rings (SSSR count). The van der Waals surface area contributed by atoms with Gasteiger partial charge in [-0.3, -0.25) is 0 Å². The molecule has 0 saturated carbocycles. The van der Waals surface area contributed by atoms with Crippen LogP contribution >= 0.6 is 22.7 Å². The monoisotopic (exact) mass is 344 g/mol. The van der Waals surface area contributed by atoms with E-state index in [0.29, 0.717) is 17.3 Å². The van der Waals surface area contributed by atoms with Crippen LogP contribution in [0.2, 0.25) is 0 Å². The van der Waals surface area contributed by atoms with Crippen LogP contribution < -0.4 is 9.47 Å². The number of benzene rings is 1. The van der Waals surface area contributed by atoms with Crippen molar-refractivity contribution in [2.45, 2.75) is 0 Å². The van der Waals surface area contributed by atoms with Gasteiger partial charge in [0, 0.05) is 16.5 Å². The van der Waals surface area contributed by atoms with Crippen LogP contribution in [0.5, 0.6) is 11.5 Å². The van der Waals surface area contributed by atoms with Crippen molar-refractivity contribution in [3.05, 3.63) is 35.0 Å². The molecule has 0 spiro atoms. The quantitative estimate of drug-likeness (QED) is 0.566. The first-order chi connectivity index (χ1) is 11.3. The first-order valence-electron chi connectivity index (χ1n) is 6.77. The molecule has 3 aromatic heterocycles. The molecule has 0 bridgehead atoms. The summed E-state index contributed by atoms with van der Waals surface area (Å²) in [6.07, 6.45) is 0. The Morgan fingerprint density at radius 2 is 1.87 bits per heavy atom. The highest BCUT2D eigenvalue weighted by Gasteiger charge is 2.16. The van der Waals surface area contributed by atoms with Crippen molar-refractivity contribution in [3.63, 3.8) is 0 Å². The first-order valence-corrected chi connectivity index (χ1v) is 8.53. The summed E-state index contributed by atoms with van der Waals surface area (Å²) in [5, 5.41) is 18.1. The Balaban J connectivity index is 1.83. The summed E-state index contributed by atoms with van der Waals surface area (Å²) in [7, 11) is 3.22. The van der Waals surface area contributed by atoms with E-state index in [0.717, 1.165) is 21.1 Å². The summed E-state index contributed by atoms with van der Waals surface area (Å²) >= 11 is 3.16. The zero-order valence-corrected chi connectivity index (χ0v) is 14.0. The predicted octanol–water partition coefficient (Wildman–Crippen LogP) is 3.60. The van der Waals surface area contributed by atoms with Crippen molar-refractivity contribution in [2.75, 3.05) is 14.2 Å². The van der Waals surface area contributed by atoms with Gasteiger partial charge in [-0.05, 0) is 29.6 Å². The number of methoxy groups -OCH3 is 2. The topological polar surface area (TPSA) is 61.5 Å². The molecule has 0 saturated heterocycles. The zero-order valence-electron chi connectivity index (χ0n) is 12.4. The van der Waals surface area contributed by atoms with Crippen LogP contribution in [0.3, 0.4) is 0 Å². The average molecular weight is 344 g/mol. The lowest BCUT2D eigenvalue weighted by Gasteiger charge is -2.08. The highest BCUT2D eigenvalue weighted by Crippen LogP contribution is 2.33. The van der Waals surface area contributed by atoms with E-state index in [-0.39, 0.29) is 0 Å². The Labute approximate surface area is 139 Å². The van der Waals surface area contributed by atoms with E-state index in [1.807, 2.05) is 29.6 Å². The highest BCUT2D eigenvalue weighted by atomic mass is 32.1. The molecule has 0 N–H and O–H groups in total. The molecular formula is C15H12N4O2S2. The number of aromatic nitrogens is 4. The van der Waals surface area contributed by atoms with Gasteiger partial charge in [0.2, 0.25) is 4.96 Å². The van der Waals surface area contributed by atoms with Crippen LogP contribution in [0.4, 0.5) is 0 Å². The average Bonchev–Trinajstić information content (AvgIpc) is 3.29. The maximum atomic E-state index is 5.35. The fourth-order valence-electron chi connectivity index (χ4n) is 2.28. The summed E-state index contributed by atoms with van der Waals surface area (Å²) in [5.41, 5.74) is 1.97. The van der Waals surface area contributed by atoms with Gasteiger partial charge in [-0.1, -0.05) is 11.3 Å². The Bertz CT molecular complexity index is 959. The zero-order chi connectivity index (χ0) is 15.8. The molecule has 0 fully saturated rings. The molecule has 23 heavy (non-hydrogen) atoms. The summed E-state index contributed by atoms with van der Waals surface area (Å²) in [4.78, 5) is 0.760. The van der Waals surface area contributed by atoms with Gasteiger partial charge in [0.15, 0.2) is 17.3 Å². The molecule has 0 aliphatic rings. The Hall–Kier alpha value is -2.45. The van der Waals surface area contributed by atoms with E-state index in [9.17, 15) is 0 Å². The summed E-state index contributed by atoms with van der Waals surface area (Å²) in [6.45, 7) is 0. The van der Waals surface area contributed by atoms with E-state index >= 15 is 0 Å². The molecule has 0 radical (unpaired) electrons. The molecule has 0 amide bonds. The van der Waals surface area contributed by atoms with E-state index in [4.69, 9.17) is 9.47 Å². The third-order valence-electron chi connectivity index (χ3n) is 3.40. The Kier molecular flexibility index (Phi) is 3.47. The molecule has 6 nitrogen and oxygen atoms in total. The lowest BCUT2D eigenvalue weighted by molar-refractivity contribution is 0.355. The van der Waals surface area contributed by atoms with Crippen LogP contribution in [0.1, 0.15) is 0 Å². The van der Waals surface area contributed by atoms with Crippen molar-refractivity contribution in [2.24, 2.45) is 0 Å². The SMILES string of the molecule is COc1ccc(-c2nnc3sc(-c4ccsc4)nn23)cc1OC. The van der Waals surface area contributed by atoms with Gasteiger partial charge in [-0.15, -0.1) is 10.2 Å². The minimum Gasteiger partial charge on any atom is -0.493 e. The van der Waals surface area contributed by atoms with Gasteiger partial charge in [0.05, 0.1) is 14.2 Å². The number of fused-ring (bicyclic) bond motifs is 1. The highest BCUT2D eigenvalue weighted by molar-refractivity contribution is 7.20. The van der Waals surface area contributed by atoms with Crippen LogP contribution in [0, 0.1) is 0 Å². The molecule has 0 aliphatic carbocycles. The number of nitrogens with zero attached hydrogens (tertiary/aromatic N) is 4. The Morgan fingerprint density at radius 3 is 2.61 bits per heavy atom. The standard InChI is InChI=1S/C15H12N4O2S2/c1-20-11-4-3-9(7-12(11)21-2)13-16-17-15-19(13)18-14(23-15)10-5-6-22-8-10/h3-8H,1-2H3. The van der Waals surface area contributed by atoms with E-state index in [1.54, 1.807) is 30.1 Å². The third-order valence-corrected chi connectivity index (χ3v) is 5.03.